The number of likely N-dealkylation sites (tertiary alicyclic amines) is 1. The second kappa shape index (κ2) is 5.83. The first-order chi connectivity index (χ1) is 7.34. The van der Waals surface area contributed by atoms with Crippen LogP contribution in [0.1, 0.15) is 19.3 Å². The van der Waals surface area contributed by atoms with Crippen molar-refractivity contribution in [3.8, 4) is 0 Å². The Morgan fingerprint density at radius 3 is 2.73 bits per heavy atom. The summed E-state index contributed by atoms with van der Waals surface area (Å²) in [5.74, 6) is 0.957. The van der Waals surface area contributed by atoms with Crippen molar-refractivity contribution in [1.29, 1.82) is 0 Å². The van der Waals surface area contributed by atoms with Gasteiger partial charge in [0.1, 0.15) is 0 Å². The van der Waals surface area contributed by atoms with Gasteiger partial charge in [0.15, 0.2) is 0 Å². The third kappa shape index (κ3) is 3.74. The molecule has 0 radical (unpaired) electrons. The van der Waals surface area contributed by atoms with Crippen LogP contribution in [-0.2, 0) is 0 Å². The highest BCUT2D eigenvalue weighted by Crippen LogP contribution is 2.18. The average Bonchev–Trinajstić information content (AvgIpc) is 2.28. The quantitative estimate of drug-likeness (QED) is 0.738. The van der Waals surface area contributed by atoms with E-state index in [0.717, 1.165) is 5.92 Å². The molecule has 1 atom stereocenters. The number of hydrogen-bond donors (Lipinski definition) is 1. The van der Waals surface area contributed by atoms with Crippen LogP contribution in [0.2, 0.25) is 0 Å². The lowest BCUT2D eigenvalue weighted by Crippen LogP contribution is -2.44. The summed E-state index contributed by atoms with van der Waals surface area (Å²) in [5.41, 5.74) is 0. The van der Waals surface area contributed by atoms with Gasteiger partial charge in [-0.1, -0.05) is 0 Å². The minimum atomic E-state index is 0.957. The smallest absolute Gasteiger partial charge is 0.0107 e. The summed E-state index contributed by atoms with van der Waals surface area (Å²) in [6.45, 7) is 8.83. The molecule has 3 nitrogen and oxygen atoms in total. The lowest BCUT2D eigenvalue weighted by Gasteiger charge is -2.32. The first kappa shape index (κ1) is 11.4. The van der Waals surface area contributed by atoms with Crippen LogP contribution in [0.15, 0.2) is 0 Å². The molecule has 0 aliphatic carbocycles. The number of piperidine rings is 1. The fourth-order valence-corrected chi connectivity index (χ4v) is 2.81. The summed E-state index contributed by atoms with van der Waals surface area (Å²) >= 11 is 0. The predicted molar refractivity (Wildman–Crippen MR) is 64.1 cm³/mol. The summed E-state index contributed by atoms with van der Waals surface area (Å²) in [5, 5.41) is 3.41. The molecule has 3 heteroatoms. The molecule has 0 spiro atoms. The standard InChI is InChI=1S/C12H25N3/c1-14-7-2-3-12(11-14)4-8-15-9-5-13-6-10-15/h12-13H,2-11H2,1H3. The van der Waals surface area contributed by atoms with Crippen molar-refractivity contribution in [3.05, 3.63) is 0 Å². The zero-order valence-corrected chi connectivity index (χ0v) is 10.0. The molecule has 0 saturated carbocycles. The Morgan fingerprint density at radius 1 is 1.20 bits per heavy atom. The molecule has 2 rings (SSSR count). The van der Waals surface area contributed by atoms with Crippen molar-refractivity contribution >= 4 is 0 Å². The summed E-state index contributed by atoms with van der Waals surface area (Å²) < 4.78 is 0. The highest BCUT2D eigenvalue weighted by molar-refractivity contribution is 4.74. The summed E-state index contributed by atoms with van der Waals surface area (Å²) in [4.78, 5) is 5.11. The second-order valence-electron chi connectivity index (χ2n) is 5.15. The predicted octanol–water partition coefficient (Wildman–Crippen LogP) is 0.624. The molecule has 2 aliphatic rings. The van der Waals surface area contributed by atoms with Gasteiger partial charge < -0.3 is 15.1 Å². The van der Waals surface area contributed by atoms with Crippen molar-refractivity contribution in [2.24, 2.45) is 5.92 Å². The van der Waals surface area contributed by atoms with Crippen molar-refractivity contribution < 1.29 is 0 Å². The molecule has 0 bridgehead atoms. The van der Waals surface area contributed by atoms with Gasteiger partial charge in [-0.15, -0.1) is 0 Å². The molecule has 0 aromatic rings. The summed E-state index contributed by atoms with van der Waals surface area (Å²) in [6.07, 6.45) is 4.27. The van der Waals surface area contributed by atoms with Crippen molar-refractivity contribution in [2.75, 3.05) is 52.9 Å². The van der Waals surface area contributed by atoms with Gasteiger partial charge in [0.25, 0.3) is 0 Å². The van der Waals surface area contributed by atoms with Gasteiger partial charge in [-0.3, -0.25) is 0 Å². The van der Waals surface area contributed by atoms with Crippen LogP contribution in [0.3, 0.4) is 0 Å². The maximum atomic E-state index is 3.41. The molecule has 2 heterocycles. The van der Waals surface area contributed by atoms with Crippen LogP contribution in [0.25, 0.3) is 0 Å². The third-order valence-electron chi connectivity index (χ3n) is 3.79. The molecule has 0 aromatic heterocycles. The van der Waals surface area contributed by atoms with E-state index in [4.69, 9.17) is 0 Å². The summed E-state index contributed by atoms with van der Waals surface area (Å²) in [7, 11) is 2.26. The lowest BCUT2D eigenvalue weighted by molar-refractivity contribution is 0.170. The number of hydrogen-bond acceptors (Lipinski definition) is 3. The largest absolute Gasteiger partial charge is 0.314 e. The highest BCUT2D eigenvalue weighted by atomic mass is 15.2. The third-order valence-corrected chi connectivity index (χ3v) is 3.79. The van der Waals surface area contributed by atoms with E-state index in [9.17, 15) is 0 Å². The van der Waals surface area contributed by atoms with Gasteiger partial charge in [-0.2, -0.15) is 0 Å². The highest BCUT2D eigenvalue weighted by Gasteiger charge is 2.18. The topological polar surface area (TPSA) is 18.5 Å². The van der Waals surface area contributed by atoms with Gasteiger partial charge in [0.2, 0.25) is 0 Å². The van der Waals surface area contributed by atoms with E-state index in [1.165, 1.54) is 65.1 Å². The fourth-order valence-electron chi connectivity index (χ4n) is 2.81. The fraction of sp³-hybridized carbons (Fsp3) is 1.00. The van der Waals surface area contributed by atoms with E-state index >= 15 is 0 Å². The number of piperazine rings is 1. The van der Waals surface area contributed by atoms with Crippen LogP contribution < -0.4 is 5.32 Å². The van der Waals surface area contributed by atoms with Crippen LogP contribution in [-0.4, -0.2) is 62.7 Å². The average molecular weight is 211 g/mol. The van der Waals surface area contributed by atoms with Gasteiger partial charge in [0, 0.05) is 32.7 Å². The monoisotopic (exact) mass is 211 g/mol. The van der Waals surface area contributed by atoms with E-state index < -0.39 is 0 Å². The molecule has 1 N–H and O–H groups in total. The Labute approximate surface area is 93.8 Å². The van der Waals surface area contributed by atoms with E-state index in [0.29, 0.717) is 0 Å². The maximum absolute atomic E-state index is 3.41. The van der Waals surface area contributed by atoms with Gasteiger partial charge in [-0.25, -0.2) is 0 Å². The first-order valence-electron chi connectivity index (χ1n) is 6.46. The molecule has 88 valence electrons. The van der Waals surface area contributed by atoms with Gasteiger partial charge in [0.05, 0.1) is 0 Å². The molecule has 2 saturated heterocycles. The zero-order valence-electron chi connectivity index (χ0n) is 10.0. The molecule has 0 aromatic carbocycles. The number of nitrogens with one attached hydrogen (secondary N) is 1. The first-order valence-corrected chi connectivity index (χ1v) is 6.46. The van der Waals surface area contributed by atoms with Crippen LogP contribution in [0, 0.1) is 5.92 Å². The Bertz CT molecular complexity index is 178. The van der Waals surface area contributed by atoms with E-state index in [1.54, 1.807) is 0 Å². The Kier molecular flexibility index (Phi) is 4.42. The van der Waals surface area contributed by atoms with E-state index in [-0.39, 0.29) is 0 Å². The Morgan fingerprint density at radius 2 is 2.00 bits per heavy atom. The maximum Gasteiger partial charge on any atom is 0.0107 e. The molecule has 1 unspecified atom stereocenters. The van der Waals surface area contributed by atoms with Crippen molar-refractivity contribution in [3.63, 3.8) is 0 Å². The number of rotatable bonds is 3. The molecule has 15 heavy (non-hydrogen) atoms. The molecular weight excluding hydrogens is 186 g/mol. The van der Waals surface area contributed by atoms with Crippen LogP contribution >= 0.6 is 0 Å². The van der Waals surface area contributed by atoms with Crippen LogP contribution in [0.5, 0.6) is 0 Å². The molecule has 2 aliphatic heterocycles. The van der Waals surface area contributed by atoms with E-state index in [1.807, 2.05) is 0 Å². The lowest BCUT2D eigenvalue weighted by atomic mass is 9.95. The van der Waals surface area contributed by atoms with Crippen LogP contribution in [0.4, 0.5) is 0 Å². The van der Waals surface area contributed by atoms with E-state index in [2.05, 4.69) is 22.2 Å². The van der Waals surface area contributed by atoms with Crippen molar-refractivity contribution in [2.45, 2.75) is 19.3 Å². The van der Waals surface area contributed by atoms with Gasteiger partial charge >= 0.3 is 0 Å². The number of nitrogens with zero attached hydrogens (tertiary/aromatic N) is 2. The Hall–Kier alpha value is -0.120. The van der Waals surface area contributed by atoms with Crippen molar-refractivity contribution in [1.82, 2.24) is 15.1 Å². The molecule has 0 amide bonds. The molecule has 2 fully saturated rings. The Balaban J connectivity index is 1.63. The second-order valence-corrected chi connectivity index (χ2v) is 5.15. The SMILES string of the molecule is CN1CCCC(CCN2CCNCC2)C1. The summed E-state index contributed by atoms with van der Waals surface area (Å²) in [6, 6.07) is 0. The van der Waals surface area contributed by atoms with Gasteiger partial charge in [-0.05, 0) is 45.3 Å². The minimum Gasteiger partial charge on any atom is -0.314 e. The molecular formula is C12H25N3. The zero-order chi connectivity index (χ0) is 10.5. The normalized spacial score (nSPS) is 30.6. The minimum absolute atomic E-state index is 0.957.